The highest BCUT2D eigenvalue weighted by molar-refractivity contribution is 5.97. The van der Waals surface area contributed by atoms with Gasteiger partial charge in [0.1, 0.15) is 0 Å². The SMILES string of the molecule is COC(=O)C1C(C(=O)OC)C(C(=O)OCCCCN2CCOCC2)C1C(=O)OCCCCN1CCOCC1. The molecule has 2 heterocycles. The first-order valence-corrected chi connectivity index (χ1v) is 13.6. The van der Waals surface area contributed by atoms with Crippen LogP contribution in [0.25, 0.3) is 0 Å². The topological polar surface area (TPSA) is 130 Å². The first-order chi connectivity index (χ1) is 18.5. The highest BCUT2D eigenvalue weighted by Crippen LogP contribution is 2.49. The second-order valence-corrected chi connectivity index (χ2v) is 9.81. The van der Waals surface area contributed by atoms with Crippen LogP contribution in [0.5, 0.6) is 0 Å². The van der Waals surface area contributed by atoms with Gasteiger partial charge in [0, 0.05) is 26.2 Å². The number of hydrogen-bond donors (Lipinski definition) is 0. The number of ether oxygens (including phenoxy) is 6. The van der Waals surface area contributed by atoms with Crippen LogP contribution < -0.4 is 0 Å². The van der Waals surface area contributed by atoms with Crippen molar-refractivity contribution in [3.8, 4) is 0 Å². The smallest absolute Gasteiger partial charge is 0.310 e. The summed E-state index contributed by atoms with van der Waals surface area (Å²) in [5, 5.41) is 0. The number of carbonyl (C=O) groups excluding carboxylic acids is 4. The number of carbonyl (C=O) groups is 4. The third-order valence-electron chi connectivity index (χ3n) is 7.47. The van der Waals surface area contributed by atoms with Gasteiger partial charge in [0.15, 0.2) is 0 Å². The van der Waals surface area contributed by atoms with Gasteiger partial charge in [-0.25, -0.2) is 0 Å². The highest BCUT2D eigenvalue weighted by Gasteiger charge is 2.65. The Balaban J connectivity index is 1.50. The summed E-state index contributed by atoms with van der Waals surface area (Å²) in [6.45, 7) is 8.47. The van der Waals surface area contributed by atoms with Crippen molar-refractivity contribution in [2.45, 2.75) is 25.7 Å². The Morgan fingerprint density at radius 2 is 0.921 bits per heavy atom. The van der Waals surface area contributed by atoms with Gasteiger partial charge in [-0.2, -0.15) is 0 Å². The van der Waals surface area contributed by atoms with Gasteiger partial charge in [0.05, 0.1) is 77.5 Å². The number of methoxy groups -OCH3 is 2. The van der Waals surface area contributed by atoms with Crippen molar-refractivity contribution in [1.82, 2.24) is 9.80 Å². The molecule has 0 aromatic rings. The molecule has 0 aromatic heterocycles. The summed E-state index contributed by atoms with van der Waals surface area (Å²) < 4.78 is 31.2. The normalized spacial score (nSPS) is 26.2. The molecule has 0 aromatic carbocycles. The fourth-order valence-electron chi connectivity index (χ4n) is 5.26. The molecule has 12 nitrogen and oxygen atoms in total. The predicted octanol–water partition coefficient (Wildman–Crippen LogP) is 0.122. The Hall–Kier alpha value is -2.28. The van der Waals surface area contributed by atoms with Crippen LogP contribution in [-0.2, 0) is 47.6 Å². The van der Waals surface area contributed by atoms with Crippen molar-refractivity contribution in [1.29, 1.82) is 0 Å². The number of rotatable bonds is 14. The first-order valence-electron chi connectivity index (χ1n) is 13.6. The van der Waals surface area contributed by atoms with E-state index in [0.29, 0.717) is 12.8 Å². The fraction of sp³-hybridized carbons (Fsp3) is 0.846. The first kappa shape index (κ1) is 30.3. The Labute approximate surface area is 224 Å². The molecule has 4 unspecified atom stereocenters. The van der Waals surface area contributed by atoms with Crippen LogP contribution in [0.3, 0.4) is 0 Å². The standard InChI is InChI=1S/C26H42N2O10/c1-33-23(29)19-20(24(30)34-2)22(26(32)38-14-6-4-8-28-11-17-36-18-12-28)21(19)25(31)37-13-5-3-7-27-9-15-35-16-10-27/h19-22H,3-18H2,1-2H3. The Morgan fingerprint density at radius 3 is 1.26 bits per heavy atom. The predicted molar refractivity (Wildman–Crippen MR) is 133 cm³/mol. The lowest BCUT2D eigenvalue weighted by molar-refractivity contribution is -0.198. The second kappa shape index (κ2) is 16.0. The molecule has 38 heavy (non-hydrogen) atoms. The lowest BCUT2D eigenvalue weighted by Crippen LogP contribution is -2.61. The largest absolute Gasteiger partial charge is 0.469 e. The average molecular weight is 543 g/mol. The molecule has 1 saturated carbocycles. The van der Waals surface area contributed by atoms with Gasteiger partial charge in [-0.05, 0) is 38.8 Å². The van der Waals surface area contributed by atoms with Crippen molar-refractivity contribution in [2.24, 2.45) is 23.7 Å². The van der Waals surface area contributed by atoms with Gasteiger partial charge in [0.2, 0.25) is 0 Å². The molecular weight excluding hydrogens is 500 g/mol. The van der Waals surface area contributed by atoms with Gasteiger partial charge in [-0.1, -0.05) is 0 Å². The van der Waals surface area contributed by atoms with Crippen LogP contribution in [0.4, 0.5) is 0 Å². The highest BCUT2D eigenvalue weighted by atomic mass is 16.6. The molecule has 2 saturated heterocycles. The molecule has 0 amide bonds. The molecule has 3 aliphatic rings. The van der Waals surface area contributed by atoms with E-state index >= 15 is 0 Å². The maximum absolute atomic E-state index is 13.0. The fourth-order valence-corrected chi connectivity index (χ4v) is 5.26. The van der Waals surface area contributed by atoms with Crippen molar-refractivity contribution in [3.05, 3.63) is 0 Å². The van der Waals surface area contributed by atoms with Crippen LogP contribution in [0.15, 0.2) is 0 Å². The molecule has 1 aliphatic carbocycles. The van der Waals surface area contributed by atoms with E-state index < -0.39 is 47.5 Å². The van der Waals surface area contributed by atoms with Gasteiger partial charge in [-0.3, -0.25) is 29.0 Å². The molecule has 0 bridgehead atoms. The third kappa shape index (κ3) is 8.36. The molecule has 4 atom stereocenters. The van der Waals surface area contributed by atoms with E-state index in [9.17, 15) is 19.2 Å². The van der Waals surface area contributed by atoms with Gasteiger partial charge in [0.25, 0.3) is 0 Å². The number of hydrogen-bond acceptors (Lipinski definition) is 12. The van der Waals surface area contributed by atoms with Crippen molar-refractivity contribution in [2.75, 3.05) is 93.1 Å². The molecule has 0 radical (unpaired) electrons. The van der Waals surface area contributed by atoms with Gasteiger partial charge in [-0.15, -0.1) is 0 Å². The zero-order valence-corrected chi connectivity index (χ0v) is 22.6. The lowest BCUT2D eigenvalue weighted by Gasteiger charge is -2.45. The second-order valence-electron chi connectivity index (χ2n) is 9.81. The Bertz CT molecular complexity index is 718. The summed E-state index contributed by atoms with van der Waals surface area (Å²) in [7, 11) is 2.34. The minimum Gasteiger partial charge on any atom is -0.469 e. The zero-order chi connectivity index (χ0) is 27.3. The van der Waals surface area contributed by atoms with Crippen LogP contribution in [0.2, 0.25) is 0 Å². The molecule has 0 spiro atoms. The lowest BCUT2D eigenvalue weighted by atomic mass is 9.56. The molecule has 3 rings (SSSR count). The molecule has 0 N–H and O–H groups in total. The molecule has 3 fully saturated rings. The molecular formula is C26H42N2O10. The van der Waals surface area contributed by atoms with E-state index in [-0.39, 0.29) is 13.2 Å². The monoisotopic (exact) mass is 542 g/mol. The summed E-state index contributed by atoms with van der Waals surface area (Å²) >= 11 is 0. The average Bonchev–Trinajstić information content (AvgIpc) is 2.93. The van der Waals surface area contributed by atoms with E-state index in [1.54, 1.807) is 0 Å². The summed E-state index contributed by atoms with van der Waals surface area (Å²) in [5.74, 6) is -7.58. The molecule has 216 valence electrons. The van der Waals surface area contributed by atoms with Crippen molar-refractivity contribution >= 4 is 23.9 Å². The summed E-state index contributed by atoms with van der Waals surface area (Å²) in [4.78, 5) is 55.6. The number of esters is 4. The minimum atomic E-state index is -1.16. The molecule has 2 aliphatic heterocycles. The maximum atomic E-state index is 13.0. The van der Waals surface area contributed by atoms with Crippen molar-refractivity contribution < 1.29 is 47.6 Å². The summed E-state index contributed by atoms with van der Waals surface area (Å²) in [5.41, 5.74) is 0. The van der Waals surface area contributed by atoms with Crippen LogP contribution in [0.1, 0.15) is 25.7 Å². The van der Waals surface area contributed by atoms with E-state index in [2.05, 4.69) is 9.80 Å². The van der Waals surface area contributed by atoms with Crippen LogP contribution >= 0.6 is 0 Å². The number of morpholine rings is 2. The number of nitrogens with zero attached hydrogens (tertiary/aromatic N) is 2. The Kier molecular flexibility index (Phi) is 12.7. The van der Waals surface area contributed by atoms with Crippen LogP contribution in [-0.4, -0.2) is 127 Å². The van der Waals surface area contributed by atoms with E-state index in [0.717, 1.165) is 78.5 Å². The molecule has 12 heteroatoms. The van der Waals surface area contributed by atoms with Crippen LogP contribution in [0, 0.1) is 23.7 Å². The van der Waals surface area contributed by atoms with E-state index in [1.165, 1.54) is 14.2 Å². The summed E-state index contributed by atoms with van der Waals surface area (Å²) in [6, 6.07) is 0. The number of unbranched alkanes of at least 4 members (excludes halogenated alkanes) is 2. The van der Waals surface area contributed by atoms with E-state index in [1.807, 2.05) is 0 Å². The van der Waals surface area contributed by atoms with Crippen molar-refractivity contribution in [3.63, 3.8) is 0 Å². The maximum Gasteiger partial charge on any atom is 0.310 e. The zero-order valence-electron chi connectivity index (χ0n) is 22.6. The minimum absolute atomic E-state index is 0.153. The summed E-state index contributed by atoms with van der Waals surface area (Å²) in [6.07, 6.45) is 2.94. The van der Waals surface area contributed by atoms with Gasteiger partial charge >= 0.3 is 23.9 Å². The quantitative estimate of drug-likeness (QED) is 0.168. The van der Waals surface area contributed by atoms with E-state index in [4.69, 9.17) is 28.4 Å². The third-order valence-corrected chi connectivity index (χ3v) is 7.47. The Morgan fingerprint density at radius 1 is 0.579 bits per heavy atom. The van der Waals surface area contributed by atoms with Gasteiger partial charge < -0.3 is 28.4 Å².